The van der Waals surface area contributed by atoms with Gasteiger partial charge in [0.1, 0.15) is 11.6 Å². The molecule has 29 heavy (non-hydrogen) atoms. The van der Waals surface area contributed by atoms with Crippen LogP contribution in [0.4, 0.5) is 10.1 Å². The summed E-state index contributed by atoms with van der Waals surface area (Å²) >= 11 is 2.14. The van der Waals surface area contributed by atoms with Crippen molar-refractivity contribution in [1.29, 1.82) is 0 Å². The Morgan fingerprint density at radius 1 is 1.41 bits per heavy atom. The predicted molar refractivity (Wildman–Crippen MR) is 122 cm³/mol. The van der Waals surface area contributed by atoms with Crippen LogP contribution in [-0.2, 0) is 4.79 Å². The van der Waals surface area contributed by atoms with Crippen molar-refractivity contribution in [3.8, 4) is 5.75 Å². The quantitative estimate of drug-likeness (QED) is 0.362. The van der Waals surface area contributed by atoms with Crippen LogP contribution in [0, 0.1) is 9.39 Å². The van der Waals surface area contributed by atoms with E-state index in [1.807, 2.05) is 31.3 Å². The number of halogens is 2. The molecule has 1 heterocycles. The molecular formula is C22H25FIN3O2. The van der Waals surface area contributed by atoms with E-state index in [9.17, 15) is 9.18 Å². The van der Waals surface area contributed by atoms with Crippen LogP contribution in [0.3, 0.4) is 0 Å². The monoisotopic (exact) mass is 509 g/mol. The number of fused-ring (bicyclic) bond motifs is 1. The Bertz CT molecular complexity index is 946. The number of ether oxygens (including phenoxy) is 1. The molecule has 0 bridgehead atoms. The fraction of sp³-hybridized carbons (Fsp3) is 0.364. The average molecular weight is 509 g/mol. The second kappa shape index (κ2) is 8.69. The van der Waals surface area contributed by atoms with E-state index in [1.54, 1.807) is 12.1 Å². The maximum absolute atomic E-state index is 14.6. The number of hydrogen-bond acceptors (Lipinski definition) is 4. The molecule has 0 saturated carbocycles. The van der Waals surface area contributed by atoms with Gasteiger partial charge in [-0.25, -0.2) is 9.82 Å². The summed E-state index contributed by atoms with van der Waals surface area (Å²) in [4.78, 5) is 14.1. The van der Waals surface area contributed by atoms with Gasteiger partial charge in [-0.3, -0.25) is 4.79 Å². The lowest BCUT2D eigenvalue weighted by atomic mass is 9.80. The highest BCUT2D eigenvalue weighted by Gasteiger charge is 2.34. The Labute approximate surface area is 184 Å². The van der Waals surface area contributed by atoms with Crippen LogP contribution in [0.25, 0.3) is 0 Å². The largest absolute Gasteiger partial charge is 0.483 e. The Hall–Kier alpha value is -2.16. The standard InChI is InChI=1S/C22H25FIN3O2/c1-14-11-22(2,3)27(4)19-10-17(23)15(9-16(14)19)12-25-26-21(28)13-29-20-8-6-5-7-18(20)24/h5-10,12,14H,11,13H2,1-4H3,(H,26,28)/b25-12+. The minimum atomic E-state index is -0.408. The van der Waals surface area contributed by atoms with Crippen molar-refractivity contribution >= 4 is 40.4 Å². The smallest absolute Gasteiger partial charge is 0.277 e. The van der Waals surface area contributed by atoms with Crippen molar-refractivity contribution in [2.45, 2.75) is 38.6 Å². The first-order valence-electron chi connectivity index (χ1n) is 9.45. The Balaban J connectivity index is 1.66. The molecule has 5 nitrogen and oxygen atoms in total. The summed E-state index contributed by atoms with van der Waals surface area (Å²) in [6.45, 7) is 6.30. The van der Waals surface area contributed by atoms with Crippen LogP contribution in [0.2, 0.25) is 0 Å². The van der Waals surface area contributed by atoms with Crippen LogP contribution in [0.5, 0.6) is 5.75 Å². The molecular weight excluding hydrogens is 484 g/mol. The van der Waals surface area contributed by atoms with Crippen molar-refractivity contribution < 1.29 is 13.9 Å². The molecule has 0 aliphatic carbocycles. The molecule has 0 spiro atoms. The molecule has 3 rings (SSSR count). The molecule has 0 saturated heterocycles. The first-order valence-corrected chi connectivity index (χ1v) is 10.5. The van der Waals surface area contributed by atoms with Gasteiger partial charge in [0.15, 0.2) is 6.61 Å². The van der Waals surface area contributed by atoms with Gasteiger partial charge in [0.05, 0.1) is 9.78 Å². The molecule has 0 radical (unpaired) electrons. The second-order valence-electron chi connectivity index (χ2n) is 7.92. The molecule has 1 N–H and O–H groups in total. The number of carbonyl (C=O) groups excluding carboxylic acids is 1. The van der Waals surface area contributed by atoms with Gasteiger partial charge in [0.25, 0.3) is 5.91 Å². The van der Waals surface area contributed by atoms with Crippen molar-refractivity contribution in [2.75, 3.05) is 18.6 Å². The lowest BCUT2D eigenvalue weighted by Crippen LogP contribution is -2.45. The summed E-state index contributed by atoms with van der Waals surface area (Å²) in [5.74, 6) is 0.164. The van der Waals surface area contributed by atoms with E-state index < -0.39 is 5.91 Å². The predicted octanol–water partition coefficient (Wildman–Crippen LogP) is 4.68. The third-order valence-corrected chi connectivity index (χ3v) is 6.23. The fourth-order valence-corrected chi connectivity index (χ4v) is 4.16. The van der Waals surface area contributed by atoms with Gasteiger partial charge in [-0.05, 0) is 78.6 Å². The number of anilines is 1. The number of nitrogens with one attached hydrogen (secondary N) is 1. The zero-order valence-corrected chi connectivity index (χ0v) is 19.2. The number of rotatable bonds is 5. The number of carbonyl (C=O) groups is 1. The number of benzene rings is 2. The van der Waals surface area contributed by atoms with Gasteiger partial charge in [-0.15, -0.1) is 0 Å². The maximum Gasteiger partial charge on any atom is 0.277 e. The fourth-order valence-electron chi connectivity index (χ4n) is 3.61. The zero-order chi connectivity index (χ0) is 21.2. The summed E-state index contributed by atoms with van der Waals surface area (Å²) < 4.78 is 21.0. The molecule has 154 valence electrons. The first kappa shape index (κ1) is 21.5. The first-order chi connectivity index (χ1) is 13.7. The highest BCUT2D eigenvalue weighted by atomic mass is 127. The van der Waals surface area contributed by atoms with Gasteiger partial charge in [0, 0.05) is 23.8 Å². The van der Waals surface area contributed by atoms with Crippen LogP contribution in [-0.4, -0.2) is 31.3 Å². The molecule has 1 aliphatic rings. The van der Waals surface area contributed by atoms with E-state index in [0.717, 1.165) is 21.2 Å². The molecule has 0 aromatic heterocycles. The molecule has 1 aliphatic heterocycles. The normalized spacial score (nSPS) is 17.9. The molecule has 0 fully saturated rings. The minimum absolute atomic E-state index is 0.0288. The molecule has 2 aromatic carbocycles. The third-order valence-electron chi connectivity index (χ3n) is 5.34. The van der Waals surface area contributed by atoms with Crippen molar-refractivity contribution in [2.24, 2.45) is 5.10 Å². The molecule has 1 atom stereocenters. The van der Waals surface area contributed by atoms with Crippen LogP contribution >= 0.6 is 22.6 Å². The second-order valence-corrected chi connectivity index (χ2v) is 9.08. The number of nitrogens with zero attached hydrogens (tertiary/aromatic N) is 2. The molecule has 2 aromatic rings. The topological polar surface area (TPSA) is 53.9 Å². The maximum atomic E-state index is 14.6. The van der Waals surface area contributed by atoms with Gasteiger partial charge in [-0.1, -0.05) is 19.1 Å². The van der Waals surface area contributed by atoms with Crippen LogP contribution in [0.1, 0.15) is 44.2 Å². The third kappa shape index (κ3) is 4.88. The van der Waals surface area contributed by atoms with E-state index in [1.165, 1.54) is 6.21 Å². The van der Waals surface area contributed by atoms with E-state index in [0.29, 0.717) is 17.2 Å². The lowest BCUT2D eigenvalue weighted by Gasteiger charge is -2.45. The summed E-state index contributed by atoms with van der Waals surface area (Å²) in [6, 6.07) is 10.8. The molecule has 7 heteroatoms. The summed E-state index contributed by atoms with van der Waals surface area (Å²) in [5.41, 5.74) is 4.70. The van der Waals surface area contributed by atoms with Crippen LogP contribution < -0.4 is 15.1 Å². The van der Waals surface area contributed by atoms with Gasteiger partial charge in [0.2, 0.25) is 0 Å². The zero-order valence-electron chi connectivity index (χ0n) is 17.0. The van der Waals surface area contributed by atoms with Gasteiger partial charge >= 0.3 is 0 Å². The minimum Gasteiger partial charge on any atom is -0.483 e. The van der Waals surface area contributed by atoms with E-state index in [-0.39, 0.29) is 18.0 Å². The van der Waals surface area contributed by atoms with E-state index in [4.69, 9.17) is 4.74 Å². The van der Waals surface area contributed by atoms with Crippen molar-refractivity contribution in [1.82, 2.24) is 5.43 Å². The van der Waals surface area contributed by atoms with E-state index in [2.05, 4.69) is 58.8 Å². The number of hydrogen-bond donors (Lipinski definition) is 1. The molecule has 1 amide bonds. The average Bonchev–Trinajstić information content (AvgIpc) is 2.66. The Morgan fingerprint density at radius 2 is 2.14 bits per heavy atom. The van der Waals surface area contributed by atoms with Gasteiger partial charge < -0.3 is 9.64 Å². The van der Waals surface area contributed by atoms with Crippen molar-refractivity contribution in [3.05, 3.63) is 56.9 Å². The highest BCUT2D eigenvalue weighted by molar-refractivity contribution is 14.1. The Morgan fingerprint density at radius 3 is 2.86 bits per heavy atom. The highest BCUT2D eigenvalue weighted by Crippen LogP contribution is 2.43. The van der Waals surface area contributed by atoms with Crippen molar-refractivity contribution in [3.63, 3.8) is 0 Å². The summed E-state index contributed by atoms with van der Waals surface area (Å²) in [6.07, 6.45) is 2.32. The number of hydrazone groups is 1. The number of amides is 1. The summed E-state index contributed by atoms with van der Waals surface area (Å²) in [7, 11) is 1.99. The SMILES string of the molecule is CC1CC(C)(C)N(C)c2cc(F)c(/C=N/NC(=O)COc3ccccc3I)cc21. The van der Waals surface area contributed by atoms with E-state index >= 15 is 0 Å². The summed E-state index contributed by atoms with van der Waals surface area (Å²) in [5, 5.41) is 3.90. The lowest BCUT2D eigenvalue weighted by molar-refractivity contribution is -0.123. The number of para-hydroxylation sites is 1. The molecule has 1 unspecified atom stereocenters. The van der Waals surface area contributed by atoms with Gasteiger partial charge in [-0.2, -0.15) is 5.10 Å². The Kier molecular flexibility index (Phi) is 6.45. The van der Waals surface area contributed by atoms with Crippen LogP contribution in [0.15, 0.2) is 41.5 Å².